The van der Waals surface area contributed by atoms with Crippen LogP contribution in [0, 0.1) is 18.6 Å². The van der Waals surface area contributed by atoms with Crippen molar-refractivity contribution >= 4 is 23.4 Å². The molecule has 1 amide bonds. The van der Waals surface area contributed by atoms with Crippen LogP contribution >= 0.6 is 11.8 Å². The lowest BCUT2D eigenvalue weighted by Gasteiger charge is -2.21. The molecule has 0 spiro atoms. The number of thioether (sulfide) groups is 1. The summed E-state index contributed by atoms with van der Waals surface area (Å²) < 4.78 is 26.3. The first-order valence-electron chi connectivity index (χ1n) is 6.96. The Labute approximate surface area is 133 Å². The Morgan fingerprint density at radius 2 is 1.86 bits per heavy atom. The number of hydrogen-bond acceptors (Lipinski definition) is 2. The van der Waals surface area contributed by atoms with Crippen LogP contribution in [0.2, 0.25) is 0 Å². The maximum atomic E-state index is 13.3. The molecule has 0 aromatic heterocycles. The van der Waals surface area contributed by atoms with Gasteiger partial charge < -0.3 is 4.90 Å². The second-order valence-electron chi connectivity index (χ2n) is 4.79. The van der Waals surface area contributed by atoms with Gasteiger partial charge in [0.15, 0.2) is 11.6 Å². The summed E-state index contributed by atoms with van der Waals surface area (Å²) in [6.07, 6.45) is 0. The first-order valence-corrected chi connectivity index (χ1v) is 7.95. The first kappa shape index (κ1) is 16.5. The number of rotatable bonds is 5. The standard InChI is InChI=1S/C17H17F2NOS/c1-3-20(13-8-9-14(18)15(19)10-13)17(21)11-22-16-7-5-4-6-12(16)2/h4-10H,3,11H2,1-2H3. The summed E-state index contributed by atoms with van der Waals surface area (Å²) in [6, 6.07) is 11.3. The van der Waals surface area contributed by atoms with Crippen molar-refractivity contribution in [1.29, 1.82) is 0 Å². The molecule has 0 fully saturated rings. The predicted molar refractivity (Wildman–Crippen MR) is 86.3 cm³/mol. The average molecular weight is 321 g/mol. The van der Waals surface area contributed by atoms with Gasteiger partial charge in [-0.3, -0.25) is 4.79 Å². The van der Waals surface area contributed by atoms with Crippen molar-refractivity contribution < 1.29 is 13.6 Å². The van der Waals surface area contributed by atoms with E-state index in [1.807, 2.05) is 31.2 Å². The minimum atomic E-state index is -0.949. The summed E-state index contributed by atoms with van der Waals surface area (Å²) in [4.78, 5) is 14.8. The van der Waals surface area contributed by atoms with Crippen molar-refractivity contribution in [3.63, 3.8) is 0 Å². The van der Waals surface area contributed by atoms with Crippen LogP contribution in [0.1, 0.15) is 12.5 Å². The molecule has 5 heteroatoms. The van der Waals surface area contributed by atoms with E-state index in [9.17, 15) is 13.6 Å². The molecule has 0 radical (unpaired) electrons. The minimum Gasteiger partial charge on any atom is -0.312 e. The Balaban J connectivity index is 2.09. The molecular formula is C17H17F2NOS. The molecule has 0 heterocycles. The van der Waals surface area contributed by atoms with Gasteiger partial charge in [0.25, 0.3) is 0 Å². The van der Waals surface area contributed by atoms with E-state index < -0.39 is 11.6 Å². The maximum Gasteiger partial charge on any atom is 0.237 e. The van der Waals surface area contributed by atoms with E-state index in [4.69, 9.17) is 0 Å². The fraction of sp³-hybridized carbons (Fsp3) is 0.235. The van der Waals surface area contributed by atoms with Gasteiger partial charge in [-0.2, -0.15) is 0 Å². The van der Waals surface area contributed by atoms with Crippen LogP contribution in [0.4, 0.5) is 14.5 Å². The van der Waals surface area contributed by atoms with Crippen LogP contribution < -0.4 is 4.90 Å². The van der Waals surface area contributed by atoms with E-state index in [2.05, 4.69) is 0 Å². The Hall–Kier alpha value is -1.88. The number of aryl methyl sites for hydroxylation is 1. The number of carbonyl (C=O) groups excluding carboxylic acids is 1. The van der Waals surface area contributed by atoms with Crippen LogP contribution in [0.15, 0.2) is 47.4 Å². The van der Waals surface area contributed by atoms with Crippen LogP contribution in [0.5, 0.6) is 0 Å². The van der Waals surface area contributed by atoms with Gasteiger partial charge in [0.2, 0.25) is 5.91 Å². The lowest BCUT2D eigenvalue weighted by molar-refractivity contribution is -0.116. The van der Waals surface area contributed by atoms with Gasteiger partial charge in [0, 0.05) is 23.2 Å². The SMILES string of the molecule is CCN(C(=O)CSc1ccccc1C)c1ccc(F)c(F)c1. The zero-order chi connectivity index (χ0) is 16.1. The molecule has 0 aliphatic heterocycles. The fourth-order valence-corrected chi connectivity index (χ4v) is 3.00. The normalized spacial score (nSPS) is 10.5. The first-order chi connectivity index (χ1) is 10.5. The van der Waals surface area contributed by atoms with Gasteiger partial charge in [0.05, 0.1) is 5.75 Å². The third kappa shape index (κ3) is 3.85. The summed E-state index contributed by atoms with van der Waals surface area (Å²) in [5.74, 6) is -1.75. The second-order valence-corrected chi connectivity index (χ2v) is 5.81. The van der Waals surface area contributed by atoms with Gasteiger partial charge in [-0.25, -0.2) is 8.78 Å². The van der Waals surface area contributed by atoms with Crippen molar-refractivity contribution in [1.82, 2.24) is 0 Å². The molecule has 0 N–H and O–H groups in total. The van der Waals surface area contributed by atoms with Crippen molar-refractivity contribution in [3.05, 3.63) is 59.7 Å². The van der Waals surface area contributed by atoms with E-state index in [1.165, 1.54) is 22.7 Å². The van der Waals surface area contributed by atoms with Gasteiger partial charge in [0.1, 0.15) is 0 Å². The lowest BCUT2D eigenvalue weighted by Crippen LogP contribution is -2.32. The van der Waals surface area contributed by atoms with Crippen LogP contribution in [0.3, 0.4) is 0 Å². The monoisotopic (exact) mass is 321 g/mol. The van der Waals surface area contributed by atoms with Gasteiger partial charge >= 0.3 is 0 Å². The van der Waals surface area contributed by atoms with Crippen LogP contribution in [0.25, 0.3) is 0 Å². The summed E-state index contributed by atoms with van der Waals surface area (Å²) in [5, 5.41) is 0. The third-order valence-corrected chi connectivity index (χ3v) is 4.44. The molecule has 0 bridgehead atoms. The highest BCUT2D eigenvalue weighted by Crippen LogP contribution is 2.24. The largest absolute Gasteiger partial charge is 0.312 e. The van der Waals surface area contributed by atoms with Gasteiger partial charge in [-0.1, -0.05) is 18.2 Å². The Morgan fingerprint density at radius 1 is 1.14 bits per heavy atom. The Bertz CT molecular complexity index is 675. The molecule has 0 aliphatic rings. The molecule has 0 atom stereocenters. The van der Waals surface area contributed by atoms with Crippen molar-refractivity contribution in [2.75, 3.05) is 17.2 Å². The Morgan fingerprint density at radius 3 is 2.50 bits per heavy atom. The molecule has 22 heavy (non-hydrogen) atoms. The fourth-order valence-electron chi connectivity index (χ4n) is 2.09. The molecule has 2 rings (SSSR count). The number of amides is 1. The summed E-state index contributed by atoms with van der Waals surface area (Å²) >= 11 is 1.44. The molecule has 2 aromatic carbocycles. The third-order valence-electron chi connectivity index (χ3n) is 3.28. The molecule has 116 valence electrons. The summed E-state index contributed by atoms with van der Waals surface area (Å²) in [6.45, 7) is 4.19. The molecule has 0 saturated carbocycles. The highest BCUT2D eigenvalue weighted by Gasteiger charge is 2.16. The van der Waals surface area contributed by atoms with Crippen molar-refractivity contribution in [2.45, 2.75) is 18.7 Å². The number of halogens is 2. The highest BCUT2D eigenvalue weighted by molar-refractivity contribution is 8.00. The summed E-state index contributed by atoms with van der Waals surface area (Å²) in [5.41, 5.74) is 1.48. The zero-order valence-electron chi connectivity index (χ0n) is 12.5. The molecule has 0 saturated heterocycles. The number of anilines is 1. The maximum absolute atomic E-state index is 13.3. The van der Waals surface area contributed by atoms with Crippen LogP contribution in [-0.4, -0.2) is 18.2 Å². The molecular weight excluding hydrogens is 304 g/mol. The molecule has 0 aliphatic carbocycles. The highest BCUT2D eigenvalue weighted by atomic mass is 32.2. The van der Waals surface area contributed by atoms with E-state index in [0.717, 1.165) is 22.6 Å². The van der Waals surface area contributed by atoms with Gasteiger partial charge in [-0.15, -0.1) is 11.8 Å². The minimum absolute atomic E-state index is 0.137. The topological polar surface area (TPSA) is 20.3 Å². The Kier molecular flexibility index (Phi) is 5.55. The lowest BCUT2D eigenvalue weighted by atomic mass is 10.2. The number of hydrogen-bond donors (Lipinski definition) is 0. The quantitative estimate of drug-likeness (QED) is 0.760. The van der Waals surface area contributed by atoms with E-state index in [1.54, 1.807) is 6.92 Å². The zero-order valence-corrected chi connectivity index (χ0v) is 13.3. The van der Waals surface area contributed by atoms with Crippen molar-refractivity contribution in [3.8, 4) is 0 Å². The molecule has 2 aromatic rings. The van der Waals surface area contributed by atoms with E-state index in [-0.39, 0.29) is 11.7 Å². The van der Waals surface area contributed by atoms with E-state index >= 15 is 0 Å². The smallest absolute Gasteiger partial charge is 0.237 e. The van der Waals surface area contributed by atoms with Gasteiger partial charge in [-0.05, 0) is 37.6 Å². The second kappa shape index (κ2) is 7.40. The van der Waals surface area contributed by atoms with Crippen LogP contribution in [-0.2, 0) is 4.79 Å². The van der Waals surface area contributed by atoms with Crippen molar-refractivity contribution in [2.24, 2.45) is 0 Å². The number of carbonyl (C=O) groups is 1. The molecule has 2 nitrogen and oxygen atoms in total. The molecule has 0 unspecified atom stereocenters. The number of nitrogens with zero attached hydrogens (tertiary/aromatic N) is 1. The average Bonchev–Trinajstić information content (AvgIpc) is 2.50. The summed E-state index contributed by atoms with van der Waals surface area (Å²) in [7, 11) is 0. The van der Waals surface area contributed by atoms with E-state index in [0.29, 0.717) is 12.2 Å². The number of benzene rings is 2. The predicted octanol–water partition coefficient (Wildman–Crippen LogP) is 4.42.